The van der Waals surface area contributed by atoms with Crippen LogP contribution in [0.25, 0.3) is 0 Å². The average molecular weight is 333 g/mol. The van der Waals surface area contributed by atoms with Gasteiger partial charge in [-0.25, -0.2) is 4.79 Å². The van der Waals surface area contributed by atoms with Crippen molar-refractivity contribution in [3.8, 4) is 5.75 Å². The third-order valence-corrected chi connectivity index (χ3v) is 3.68. The number of carbonyl (C=O) groups is 1. The molecule has 2 aromatic rings. The summed E-state index contributed by atoms with van der Waals surface area (Å²) in [7, 11) is 1.72. The third kappa shape index (κ3) is 4.06. The summed E-state index contributed by atoms with van der Waals surface area (Å²) in [5.74, 6) is 0.156. The van der Waals surface area contributed by atoms with E-state index in [4.69, 9.17) is 14.6 Å². The molecule has 1 saturated heterocycles. The maximum absolute atomic E-state index is 10.7. The van der Waals surface area contributed by atoms with Crippen LogP contribution in [0.3, 0.4) is 0 Å². The SMILES string of the molecule is Cn1nnc(C2CN(Cc3ccccc3OCC(=O)O)CCO2)n1. The summed E-state index contributed by atoms with van der Waals surface area (Å²) in [5.41, 5.74) is 0.937. The van der Waals surface area contributed by atoms with Gasteiger partial charge in [-0.1, -0.05) is 18.2 Å². The van der Waals surface area contributed by atoms with Crippen molar-refractivity contribution in [3.05, 3.63) is 35.7 Å². The number of ether oxygens (including phenoxy) is 2. The topological polar surface area (TPSA) is 103 Å². The summed E-state index contributed by atoms with van der Waals surface area (Å²) in [6.45, 7) is 2.26. The van der Waals surface area contributed by atoms with E-state index in [1.54, 1.807) is 13.1 Å². The Balaban J connectivity index is 1.66. The Morgan fingerprint density at radius 3 is 3.04 bits per heavy atom. The van der Waals surface area contributed by atoms with Gasteiger partial charge in [0.15, 0.2) is 6.61 Å². The lowest BCUT2D eigenvalue weighted by molar-refractivity contribution is -0.139. The number of carboxylic acid groups (broad SMARTS) is 1. The molecule has 1 aliphatic heterocycles. The fourth-order valence-corrected chi connectivity index (χ4v) is 2.59. The van der Waals surface area contributed by atoms with Gasteiger partial charge in [0.2, 0.25) is 5.82 Å². The monoisotopic (exact) mass is 333 g/mol. The molecule has 24 heavy (non-hydrogen) atoms. The Bertz CT molecular complexity index is 705. The minimum Gasteiger partial charge on any atom is -0.482 e. The predicted molar refractivity (Wildman–Crippen MR) is 82.3 cm³/mol. The summed E-state index contributed by atoms with van der Waals surface area (Å²) >= 11 is 0. The van der Waals surface area contributed by atoms with Crippen molar-refractivity contribution < 1.29 is 19.4 Å². The van der Waals surface area contributed by atoms with Crippen molar-refractivity contribution in [1.82, 2.24) is 25.1 Å². The molecule has 0 aliphatic carbocycles. The van der Waals surface area contributed by atoms with Gasteiger partial charge in [0.1, 0.15) is 11.9 Å². The van der Waals surface area contributed by atoms with Crippen LogP contribution < -0.4 is 4.74 Å². The van der Waals surface area contributed by atoms with E-state index in [-0.39, 0.29) is 12.7 Å². The summed E-state index contributed by atoms with van der Waals surface area (Å²) in [6, 6.07) is 7.44. The van der Waals surface area contributed by atoms with Gasteiger partial charge in [-0.2, -0.15) is 4.80 Å². The van der Waals surface area contributed by atoms with Crippen LogP contribution in [0.1, 0.15) is 17.5 Å². The fourth-order valence-electron chi connectivity index (χ4n) is 2.59. The number of benzene rings is 1. The molecule has 0 spiro atoms. The third-order valence-electron chi connectivity index (χ3n) is 3.68. The molecule has 9 nitrogen and oxygen atoms in total. The molecule has 1 N–H and O–H groups in total. The van der Waals surface area contributed by atoms with Gasteiger partial charge < -0.3 is 14.6 Å². The lowest BCUT2D eigenvalue weighted by atomic mass is 10.1. The number of aliphatic carboxylic acids is 1. The molecule has 1 atom stereocenters. The largest absolute Gasteiger partial charge is 0.482 e. The second kappa shape index (κ2) is 7.37. The maximum Gasteiger partial charge on any atom is 0.341 e. The van der Waals surface area contributed by atoms with Gasteiger partial charge in [0.25, 0.3) is 0 Å². The van der Waals surface area contributed by atoms with Crippen molar-refractivity contribution in [3.63, 3.8) is 0 Å². The average Bonchev–Trinajstić information content (AvgIpc) is 3.01. The Hall–Kier alpha value is -2.52. The molecule has 3 rings (SSSR count). The highest BCUT2D eigenvalue weighted by Crippen LogP contribution is 2.24. The van der Waals surface area contributed by atoms with Crippen LogP contribution in [0.5, 0.6) is 5.75 Å². The Morgan fingerprint density at radius 1 is 1.46 bits per heavy atom. The van der Waals surface area contributed by atoms with Crippen LogP contribution in [-0.2, 0) is 23.1 Å². The van der Waals surface area contributed by atoms with Gasteiger partial charge in [-0.05, 0) is 11.3 Å². The molecule has 1 aliphatic rings. The number of aryl methyl sites for hydroxylation is 1. The zero-order valence-electron chi connectivity index (χ0n) is 13.3. The van der Waals surface area contributed by atoms with E-state index in [9.17, 15) is 4.79 Å². The number of tetrazole rings is 1. The predicted octanol–water partition coefficient (Wildman–Crippen LogP) is 0.247. The van der Waals surface area contributed by atoms with Crippen molar-refractivity contribution in [2.75, 3.05) is 26.3 Å². The Morgan fingerprint density at radius 2 is 2.29 bits per heavy atom. The molecule has 0 saturated carbocycles. The Kier molecular flexibility index (Phi) is 5.02. The lowest BCUT2D eigenvalue weighted by Crippen LogP contribution is -2.38. The summed E-state index contributed by atoms with van der Waals surface area (Å²) < 4.78 is 11.1. The van der Waals surface area contributed by atoms with Crippen molar-refractivity contribution >= 4 is 5.97 Å². The van der Waals surface area contributed by atoms with Gasteiger partial charge in [0.05, 0.1) is 13.7 Å². The first-order chi connectivity index (χ1) is 11.6. The second-order valence-electron chi connectivity index (χ2n) is 5.52. The Labute approximate surface area is 138 Å². The van der Waals surface area contributed by atoms with Crippen molar-refractivity contribution in [1.29, 1.82) is 0 Å². The highest BCUT2D eigenvalue weighted by atomic mass is 16.5. The molecule has 128 valence electrons. The molecule has 0 amide bonds. The van der Waals surface area contributed by atoms with Crippen LogP contribution in [0.2, 0.25) is 0 Å². The number of rotatable bonds is 6. The summed E-state index contributed by atoms with van der Waals surface area (Å²) in [5, 5.41) is 20.8. The minimum absolute atomic E-state index is 0.223. The van der Waals surface area contributed by atoms with E-state index in [1.165, 1.54) is 4.80 Å². The van der Waals surface area contributed by atoms with E-state index in [0.29, 0.717) is 31.3 Å². The van der Waals surface area contributed by atoms with E-state index >= 15 is 0 Å². The first-order valence-electron chi connectivity index (χ1n) is 7.62. The standard InChI is InChI=1S/C15H19N5O4/c1-19-17-15(16-18-19)13-9-20(6-7-23-13)8-11-4-2-3-5-12(11)24-10-14(21)22/h2-5,13H,6-10H2,1H3,(H,21,22). The van der Waals surface area contributed by atoms with E-state index < -0.39 is 5.97 Å². The molecule has 2 heterocycles. The maximum atomic E-state index is 10.7. The molecule has 9 heteroatoms. The number of aromatic nitrogens is 4. The fraction of sp³-hybridized carbons (Fsp3) is 0.467. The van der Waals surface area contributed by atoms with Gasteiger partial charge in [-0.3, -0.25) is 4.90 Å². The smallest absolute Gasteiger partial charge is 0.341 e. The van der Waals surface area contributed by atoms with Crippen molar-refractivity contribution in [2.24, 2.45) is 7.05 Å². The van der Waals surface area contributed by atoms with Gasteiger partial charge >= 0.3 is 5.97 Å². The normalized spacial score (nSPS) is 18.5. The highest BCUT2D eigenvalue weighted by molar-refractivity contribution is 5.68. The van der Waals surface area contributed by atoms with Crippen molar-refractivity contribution in [2.45, 2.75) is 12.6 Å². The lowest BCUT2D eigenvalue weighted by Gasteiger charge is -2.31. The quantitative estimate of drug-likeness (QED) is 0.802. The molecule has 1 aromatic heterocycles. The molecule has 1 aromatic carbocycles. The number of morpholine rings is 1. The summed E-state index contributed by atoms with van der Waals surface area (Å²) in [4.78, 5) is 14.3. The van der Waals surface area contributed by atoms with E-state index in [0.717, 1.165) is 12.1 Å². The molecular weight excluding hydrogens is 314 g/mol. The number of hydrogen-bond donors (Lipinski definition) is 1. The second-order valence-corrected chi connectivity index (χ2v) is 5.52. The molecular formula is C15H19N5O4. The minimum atomic E-state index is -0.995. The summed E-state index contributed by atoms with van der Waals surface area (Å²) in [6.07, 6.45) is -0.223. The first kappa shape index (κ1) is 16.3. The van der Waals surface area contributed by atoms with Crippen LogP contribution in [0, 0.1) is 0 Å². The molecule has 1 unspecified atom stereocenters. The number of carboxylic acids is 1. The number of nitrogens with zero attached hydrogens (tertiary/aromatic N) is 5. The van der Waals surface area contributed by atoms with E-state index in [1.807, 2.05) is 18.2 Å². The molecule has 0 radical (unpaired) electrons. The van der Waals surface area contributed by atoms with Crippen LogP contribution in [0.4, 0.5) is 0 Å². The number of hydrogen-bond acceptors (Lipinski definition) is 7. The first-order valence-corrected chi connectivity index (χ1v) is 7.62. The highest BCUT2D eigenvalue weighted by Gasteiger charge is 2.26. The zero-order valence-corrected chi connectivity index (χ0v) is 13.3. The van der Waals surface area contributed by atoms with Crippen LogP contribution >= 0.6 is 0 Å². The van der Waals surface area contributed by atoms with Gasteiger partial charge in [0, 0.05) is 25.2 Å². The number of para-hydroxylation sites is 1. The zero-order chi connectivity index (χ0) is 16.9. The molecule has 1 fully saturated rings. The van der Waals surface area contributed by atoms with E-state index in [2.05, 4.69) is 20.3 Å². The van der Waals surface area contributed by atoms with Gasteiger partial charge in [-0.15, -0.1) is 10.2 Å². The molecule has 0 bridgehead atoms. The van der Waals surface area contributed by atoms with Crippen LogP contribution in [-0.4, -0.2) is 62.5 Å². The van der Waals surface area contributed by atoms with Crippen LogP contribution in [0.15, 0.2) is 24.3 Å².